The van der Waals surface area contributed by atoms with Crippen LogP contribution in [0.5, 0.6) is 5.75 Å². The highest BCUT2D eigenvalue weighted by atomic mass is 35.5. The van der Waals surface area contributed by atoms with Crippen LogP contribution in [0.15, 0.2) is 49.3 Å². The zero-order valence-electron chi connectivity index (χ0n) is 18.7. The van der Waals surface area contributed by atoms with Crippen molar-refractivity contribution in [3.8, 4) is 5.75 Å². The fourth-order valence-electron chi connectivity index (χ4n) is 4.89. The Balaban J connectivity index is 1.39. The van der Waals surface area contributed by atoms with Crippen LogP contribution in [0.25, 0.3) is 10.9 Å². The van der Waals surface area contributed by atoms with Gasteiger partial charge in [-0.2, -0.15) is 0 Å². The van der Waals surface area contributed by atoms with Crippen molar-refractivity contribution in [2.24, 2.45) is 17.8 Å². The minimum atomic E-state index is -0.502. The lowest BCUT2D eigenvalue weighted by molar-refractivity contribution is -0.111. The third kappa shape index (κ3) is 4.56. The molecule has 1 amide bonds. The van der Waals surface area contributed by atoms with Gasteiger partial charge in [-0.15, -0.1) is 0 Å². The number of rotatable bonds is 8. The van der Waals surface area contributed by atoms with Crippen LogP contribution in [0, 0.1) is 23.6 Å². The van der Waals surface area contributed by atoms with E-state index in [1.165, 1.54) is 24.5 Å². The topological polar surface area (TPSA) is 79.4 Å². The van der Waals surface area contributed by atoms with Crippen molar-refractivity contribution < 1.29 is 13.9 Å². The zero-order chi connectivity index (χ0) is 23.8. The van der Waals surface area contributed by atoms with E-state index in [1.807, 2.05) is 0 Å². The molecule has 1 aliphatic heterocycles. The lowest BCUT2D eigenvalue weighted by Gasteiger charge is -2.16. The molecule has 5 rings (SSSR count). The van der Waals surface area contributed by atoms with Crippen LogP contribution in [0.4, 0.5) is 21.6 Å². The maximum atomic E-state index is 13.5. The molecule has 1 saturated carbocycles. The predicted molar refractivity (Wildman–Crippen MR) is 131 cm³/mol. The molecule has 0 bridgehead atoms. The SMILES string of the molecule is C=CC(=O)Nc1cc2c(Nc3ccc(F)c(Cl)c3)ncnc2cc1OCCC1[C@H]2CN(C)C[C@@H]12. The van der Waals surface area contributed by atoms with Gasteiger partial charge >= 0.3 is 0 Å². The first-order valence-corrected chi connectivity index (χ1v) is 11.6. The number of fused-ring (bicyclic) bond motifs is 2. The highest BCUT2D eigenvalue weighted by molar-refractivity contribution is 6.31. The standard InChI is InChI=1S/C25H25ClFN5O2/c1-3-24(33)31-22-9-16-21(10-23(22)34-7-6-15-17-11-32(2)12-18(15)17)28-13-29-25(16)30-14-4-5-20(27)19(26)8-14/h3-5,8-10,13,15,17-18H,1,6-7,11-12H2,2H3,(H,31,33)(H,28,29,30)/t15?,17-,18+. The molecule has 1 aromatic heterocycles. The smallest absolute Gasteiger partial charge is 0.247 e. The summed E-state index contributed by atoms with van der Waals surface area (Å²) in [6, 6.07) is 7.88. The van der Waals surface area contributed by atoms with E-state index in [0.717, 1.165) is 31.3 Å². The van der Waals surface area contributed by atoms with Gasteiger partial charge in [0.05, 0.1) is 22.8 Å². The van der Waals surface area contributed by atoms with Crippen LogP contribution in [-0.4, -0.2) is 47.5 Å². The number of nitrogens with one attached hydrogen (secondary N) is 2. The molecule has 7 nitrogen and oxygen atoms in total. The Labute approximate surface area is 202 Å². The second-order valence-electron chi connectivity index (χ2n) is 8.88. The Hall–Kier alpha value is -3.23. The van der Waals surface area contributed by atoms with Crippen molar-refractivity contribution in [2.45, 2.75) is 6.42 Å². The number of carbonyl (C=O) groups excluding carboxylic acids is 1. The lowest BCUT2D eigenvalue weighted by atomic mass is 10.1. The summed E-state index contributed by atoms with van der Waals surface area (Å²) in [6.45, 7) is 6.43. The first-order chi connectivity index (χ1) is 16.4. The van der Waals surface area contributed by atoms with E-state index in [4.69, 9.17) is 16.3 Å². The molecule has 2 N–H and O–H groups in total. The summed E-state index contributed by atoms with van der Waals surface area (Å²) >= 11 is 5.91. The van der Waals surface area contributed by atoms with Crippen molar-refractivity contribution in [2.75, 3.05) is 37.4 Å². The minimum Gasteiger partial charge on any atom is -0.491 e. The fraction of sp³-hybridized carbons (Fsp3) is 0.320. The first kappa shape index (κ1) is 22.6. The second-order valence-corrected chi connectivity index (χ2v) is 9.29. The number of aromatic nitrogens is 2. The Morgan fingerprint density at radius 1 is 1.29 bits per heavy atom. The molecule has 2 fully saturated rings. The maximum Gasteiger partial charge on any atom is 0.247 e. The molecule has 2 aromatic carbocycles. The third-order valence-corrected chi connectivity index (χ3v) is 6.91. The van der Waals surface area contributed by atoms with Gasteiger partial charge in [0, 0.05) is 30.2 Å². The van der Waals surface area contributed by atoms with Crippen molar-refractivity contribution in [3.63, 3.8) is 0 Å². The molecule has 34 heavy (non-hydrogen) atoms. The van der Waals surface area contributed by atoms with Gasteiger partial charge in [0.15, 0.2) is 0 Å². The molecule has 3 aromatic rings. The fourth-order valence-corrected chi connectivity index (χ4v) is 5.07. The van der Waals surface area contributed by atoms with E-state index in [9.17, 15) is 9.18 Å². The summed E-state index contributed by atoms with van der Waals surface area (Å²) in [5.74, 6) is 2.46. The molecule has 9 heteroatoms. The van der Waals surface area contributed by atoms with Gasteiger partial charge in [-0.25, -0.2) is 14.4 Å². The van der Waals surface area contributed by atoms with Crippen LogP contribution >= 0.6 is 11.6 Å². The average Bonchev–Trinajstić information content (AvgIpc) is 3.27. The van der Waals surface area contributed by atoms with Crippen molar-refractivity contribution >= 4 is 45.6 Å². The molecule has 0 spiro atoms. The van der Waals surface area contributed by atoms with Gasteiger partial charge in [-0.3, -0.25) is 4.79 Å². The van der Waals surface area contributed by atoms with Gasteiger partial charge in [-0.1, -0.05) is 18.2 Å². The summed E-state index contributed by atoms with van der Waals surface area (Å²) in [7, 11) is 2.17. The third-order valence-electron chi connectivity index (χ3n) is 6.62. The highest BCUT2D eigenvalue weighted by Crippen LogP contribution is 2.53. The monoisotopic (exact) mass is 481 g/mol. The van der Waals surface area contributed by atoms with Crippen LogP contribution in [0.2, 0.25) is 5.02 Å². The Morgan fingerprint density at radius 3 is 2.82 bits per heavy atom. The maximum absolute atomic E-state index is 13.5. The Kier molecular flexibility index (Phi) is 6.10. The first-order valence-electron chi connectivity index (χ1n) is 11.2. The van der Waals surface area contributed by atoms with Gasteiger partial charge in [0.1, 0.15) is 23.7 Å². The average molecular weight is 482 g/mol. The molecule has 3 atom stereocenters. The Bertz CT molecular complexity index is 1260. The van der Waals surface area contributed by atoms with Gasteiger partial charge in [0.2, 0.25) is 5.91 Å². The van der Waals surface area contributed by atoms with Gasteiger partial charge in [0.25, 0.3) is 0 Å². The molecule has 1 unspecified atom stereocenters. The molecule has 2 aliphatic rings. The molecule has 1 aliphatic carbocycles. The number of halogens is 2. The summed E-state index contributed by atoms with van der Waals surface area (Å²) in [4.78, 5) is 23.2. The van der Waals surface area contributed by atoms with Crippen molar-refractivity contribution in [1.82, 2.24) is 14.9 Å². The quantitative estimate of drug-likeness (QED) is 0.447. The molecule has 0 radical (unpaired) electrons. The number of carbonyl (C=O) groups is 1. The number of benzene rings is 2. The predicted octanol–water partition coefficient (Wildman–Crippen LogP) is 4.87. The number of likely N-dealkylation sites (tertiary alicyclic amines) is 1. The summed E-state index contributed by atoms with van der Waals surface area (Å²) in [5, 5.41) is 6.62. The van der Waals surface area contributed by atoms with Crippen LogP contribution < -0.4 is 15.4 Å². The Morgan fingerprint density at radius 2 is 2.09 bits per heavy atom. The van der Waals surface area contributed by atoms with E-state index in [0.29, 0.717) is 46.4 Å². The van der Waals surface area contributed by atoms with E-state index < -0.39 is 5.82 Å². The van der Waals surface area contributed by atoms with E-state index in [-0.39, 0.29) is 10.9 Å². The molecule has 176 valence electrons. The van der Waals surface area contributed by atoms with Gasteiger partial charge in [-0.05, 0) is 61.6 Å². The molecule has 2 heterocycles. The molecular weight excluding hydrogens is 457 g/mol. The molecular formula is C25H25ClFN5O2. The normalized spacial score (nSPS) is 21.2. The zero-order valence-corrected chi connectivity index (χ0v) is 19.5. The number of hydrogen-bond donors (Lipinski definition) is 2. The minimum absolute atomic E-state index is 0.00410. The van der Waals surface area contributed by atoms with E-state index in [1.54, 1.807) is 18.2 Å². The van der Waals surface area contributed by atoms with Crippen LogP contribution in [0.1, 0.15) is 6.42 Å². The van der Waals surface area contributed by atoms with Crippen LogP contribution in [0.3, 0.4) is 0 Å². The lowest BCUT2D eigenvalue weighted by Crippen LogP contribution is -2.19. The van der Waals surface area contributed by atoms with Crippen molar-refractivity contribution in [3.05, 3.63) is 60.2 Å². The largest absolute Gasteiger partial charge is 0.491 e. The number of piperidine rings is 1. The second kappa shape index (κ2) is 9.19. The number of amides is 1. The summed E-state index contributed by atoms with van der Waals surface area (Å²) in [5.41, 5.74) is 1.72. The number of hydrogen-bond acceptors (Lipinski definition) is 6. The van der Waals surface area contributed by atoms with E-state index >= 15 is 0 Å². The van der Waals surface area contributed by atoms with Crippen LogP contribution in [-0.2, 0) is 4.79 Å². The number of ether oxygens (including phenoxy) is 1. The van der Waals surface area contributed by atoms with Gasteiger partial charge < -0.3 is 20.3 Å². The van der Waals surface area contributed by atoms with E-state index in [2.05, 4.69) is 39.1 Å². The highest BCUT2D eigenvalue weighted by Gasteiger charge is 2.53. The van der Waals surface area contributed by atoms with Crippen molar-refractivity contribution in [1.29, 1.82) is 0 Å². The molecule has 1 saturated heterocycles. The summed E-state index contributed by atoms with van der Waals surface area (Å²) in [6.07, 6.45) is 3.62. The number of nitrogens with zero attached hydrogens (tertiary/aromatic N) is 3. The number of anilines is 3. The summed E-state index contributed by atoms with van der Waals surface area (Å²) < 4.78 is 19.7.